The third-order valence-electron chi connectivity index (χ3n) is 1.19. The normalized spacial score (nSPS) is 12.7. The van der Waals surface area contributed by atoms with E-state index in [2.05, 4.69) is 4.74 Å². The number of ketones is 1. The van der Waals surface area contributed by atoms with Gasteiger partial charge in [-0.15, -0.1) is 0 Å². The second-order valence-electron chi connectivity index (χ2n) is 3.20. The first-order valence-corrected chi connectivity index (χ1v) is 3.87. The van der Waals surface area contributed by atoms with Crippen molar-refractivity contribution >= 4 is 5.78 Å². The van der Waals surface area contributed by atoms with Crippen molar-refractivity contribution in [2.45, 2.75) is 39.9 Å². The van der Waals surface area contributed by atoms with Gasteiger partial charge in [0, 0.05) is 5.92 Å². The van der Waals surface area contributed by atoms with Crippen LogP contribution in [0, 0.1) is 5.92 Å². The highest BCUT2D eigenvalue weighted by Gasteiger charge is 2.42. The molecule has 4 heteroatoms. The Morgan fingerprint density at radius 2 is 1.67 bits per heavy atom. The minimum atomic E-state index is -3.64. The quantitative estimate of drug-likeness (QED) is 0.663. The molecule has 0 radical (unpaired) electrons. The summed E-state index contributed by atoms with van der Waals surface area (Å²) in [6, 6.07) is 0. The van der Waals surface area contributed by atoms with Crippen LogP contribution >= 0.6 is 0 Å². The Morgan fingerprint density at radius 3 is 1.92 bits per heavy atom. The number of ether oxygens (including phenoxy) is 1. The van der Waals surface area contributed by atoms with Crippen LogP contribution in [0.15, 0.2) is 0 Å². The zero-order valence-electron chi connectivity index (χ0n) is 7.73. The molecule has 0 unspecified atom stereocenters. The maximum atomic E-state index is 12.7. The second-order valence-corrected chi connectivity index (χ2v) is 3.20. The van der Waals surface area contributed by atoms with Crippen LogP contribution < -0.4 is 0 Å². The average Bonchev–Trinajstić information content (AvgIpc) is 1.82. The first-order valence-electron chi connectivity index (χ1n) is 3.87. The van der Waals surface area contributed by atoms with E-state index in [1.54, 1.807) is 0 Å². The number of rotatable bonds is 4. The number of Topliss-reactive ketones (excluding diaryl/α,β-unsaturated/α-hetero) is 1. The summed E-state index contributed by atoms with van der Waals surface area (Å²) in [6.07, 6.45) is -4.29. The highest BCUT2D eigenvalue weighted by atomic mass is 19.3. The van der Waals surface area contributed by atoms with Crippen LogP contribution in [0.1, 0.15) is 27.7 Å². The summed E-state index contributed by atoms with van der Waals surface area (Å²) in [5.74, 6) is -1.88. The van der Waals surface area contributed by atoms with E-state index in [-0.39, 0.29) is 0 Å². The lowest BCUT2D eigenvalue weighted by Crippen LogP contribution is -2.37. The van der Waals surface area contributed by atoms with E-state index in [9.17, 15) is 13.6 Å². The first kappa shape index (κ1) is 11.5. The third-order valence-corrected chi connectivity index (χ3v) is 1.19. The predicted octanol–water partition coefficient (Wildman–Crippen LogP) is 2.23. The van der Waals surface area contributed by atoms with Crippen molar-refractivity contribution in [3.8, 4) is 0 Å². The van der Waals surface area contributed by atoms with E-state index in [1.165, 1.54) is 27.7 Å². The maximum Gasteiger partial charge on any atom is 0.416 e. The monoisotopic (exact) mass is 180 g/mol. The fraction of sp³-hybridized carbons (Fsp3) is 0.875. The van der Waals surface area contributed by atoms with Gasteiger partial charge in [0.25, 0.3) is 0 Å². The maximum absolute atomic E-state index is 12.7. The molecule has 0 heterocycles. The lowest BCUT2D eigenvalue weighted by atomic mass is 10.1. The molecule has 0 aromatic heterocycles. The van der Waals surface area contributed by atoms with Crippen LogP contribution in [-0.2, 0) is 9.53 Å². The van der Waals surface area contributed by atoms with E-state index in [1.807, 2.05) is 0 Å². The molecule has 0 saturated carbocycles. The number of halogens is 2. The lowest BCUT2D eigenvalue weighted by Gasteiger charge is -2.19. The van der Waals surface area contributed by atoms with Crippen LogP contribution in [0.4, 0.5) is 8.78 Å². The van der Waals surface area contributed by atoms with Crippen molar-refractivity contribution < 1.29 is 18.3 Å². The highest BCUT2D eigenvalue weighted by molar-refractivity contribution is 5.85. The van der Waals surface area contributed by atoms with Crippen molar-refractivity contribution in [2.75, 3.05) is 0 Å². The van der Waals surface area contributed by atoms with Crippen LogP contribution in [0.2, 0.25) is 0 Å². The average molecular weight is 180 g/mol. The van der Waals surface area contributed by atoms with E-state index < -0.39 is 23.9 Å². The highest BCUT2D eigenvalue weighted by Crippen LogP contribution is 2.22. The standard InChI is InChI=1S/C8H14F2O2/c1-5(2)7(11)8(9,10)12-6(3)4/h5-6H,1-4H3. The van der Waals surface area contributed by atoms with E-state index >= 15 is 0 Å². The van der Waals surface area contributed by atoms with Crippen LogP contribution in [0.5, 0.6) is 0 Å². The summed E-state index contributed by atoms with van der Waals surface area (Å²) in [4.78, 5) is 10.8. The summed E-state index contributed by atoms with van der Waals surface area (Å²) < 4.78 is 29.7. The Morgan fingerprint density at radius 1 is 1.25 bits per heavy atom. The molecule has 0 aliphatic heterocycles. The molecule has 0 spiro atoms. The minimum Gasteiger partial charge on any atom is -0.311 e. The Balaban J connectivity index is 4.29. The largest absolute Gasteiger partial charge is 0.416 e. The Kier molecular flexibility index (Phi) is 3.77. The number of hydrogen-bond acceptors (Lipinski definition) is 2. The van der Waals surface area contributed by atoms with Gasteiger partial charge in [-0.05, 0) is 13.8 Å². The smallest absolute Gasteiger partial charge is 0.311 e. The van der Waals surface area contributed by atoms with E-state index in [4.69, 9.17) is 0 Å². The molecule has 0 rings (SSSR count). The Hall–Kier alpha value is -0.510. The zero-order chi connectivity index (χ0) is 9.94. The van der Waals surface area contributed by atoms with Gasteiger partial charge in [0.1, 0.15) is 0 Å². The number of carbonyl (C=O) groups excluding carboxylic acids is 1. The van der Waals surface area contributed by atoms with Gasteiger partial charge in [0.15, 0.2) is 0 Å². The molecule has 0 fully saturated rings. The van der Waals surface area contributed by atoms with E-state index in [0.29, 0.717) is 0 Å². The van der Waals surface area contributed by atoms with Gasteiger partial charge >= 0.3 is 6.11 Å². The van der Waals surface area contributed by atoms with Gasteiger partial charge in [-0.25, -0.2) is 0 Å². The molecule has 0 saturated heterocycles. The number of hydrogen-bond donors (Lipinski definition) is 0. The summed E-state index contributed by atoms with van der Waals surface area (Å²) in [5, 5.41) is 0. The molecular formula is C8H14F2O2. The van der Waals surface area contributed by atoms with E-state index in [0.717, 1.165) is 0 Å². The molecule has 12 heavy (non-hydrogen) atoms. The predicted molar refractivity (Wildman–Crippen MR) is 41.0 cm³/mol. The van der Waals surface area contributed by atoms with Gasteiger partial charge in [-0.2, -0.15) is 8.78 Å². The van der Waals surface area contributed by atoms with Crippen molar-refractivity contribution in [1.29, 1.82) is 0 Å². The molecule has 2 nitrogen and oxygen atoms in total. The fourth-order valence-electron chi connectivity index (χ4n) is 0.690. The number of alkyl halides is 2. The van der Waals surface area contributed by atoms with Gasteiger partial charge in [0.2, 0.25) is 5.78 Å². The van der Waals surface area contributed by atoms with Gasteiger partial charge in [-0.3, -0.25) is 4.79 Å². The van der Waals surface area contributed by atoms with Gasteiger partial charge < -0.3 is 4.74 Å². The molecule has 0 amide bonds. The molecule has 0 aromatic carbocycles. The first-order chi connectivity index (χ1) is 5.27. The summed E-state index contributed by atoms with van der Waals surface area (Å²) >= 11 is 0. The molecule has 72 valence electrons. The van der Waals surface area contributed by atoms with Crippen molar-refractivity contribution in [1.82, 2.24) is 0 Å². The van der Waals surface area contributed by atoms with Crippen molar-refractivity contribution in [2.24, 2.45) is 5.92 Å². The lowest BCUT2D eigenvalue weighted by molar-refractivity contribution is -0.245. The van der Waals surface area contributed by atoms with Gasteiger partial charge in [-0.1, -0.05) is 13.8 Å². The molecule has 0 N–H and O–H groups in total. The second kappa shape index (κ2) is 3.94. The van der Waals surface area contributed by atoms with Crippen molar-refractivity contribution in [3.05, 3.63) is 0 Å². The molecular weight excluding hydrogens is 166 g/mol. The zero-order valence-corrected chi connectivity index (χ0v) is 7.73. The van der Waals surface area contributed by atoms with Crippen LogP contribution in [-0.4, -0.2) is 18.0 Å². The molecule has 0 aliphatic rings. The van der Waals surface area contributed by atoms with Crippen LogP contribution in [0.3, 0.4) is 0 Å². The van der Waals surface area contributed by atoms with Crippen LogP contribution in [0.25, 0.3) is 0 Å². The molecule has 0 aromatic rings. The Bertz CT molecular complexity index is 164. The summed E-state index contributed by atoms with van der Waals surface area (Å²) in [7, 11) is 0. The Labute approximate surface area is 70.9 Å². The van der Waals surface area contributed by atoms with Crippen molar-refractivity contribution in [3.63, 3.8) is 0 Å². The molecule has 0 atom stereocenters. The molecule has 0 aliphatic carbocycles. The SMILES string of the molecule is CC(C)OC(F)(F)C(=O)C(C)C. The summed E-state index contributed by atoms with van der Waals surface area (Å²) in [5.41, 5.74) is 0. The summed E-state index contributed by atoms with van der Waals surface area (Å²) in [6.45, 7) is 5.75. The number of carbonyl (C=O) groups is 1. The third kappa shape index (κ3) is 3.26. The topological polar surface area (TPSA) is 26.3 Å². The minimum absolute atomic E-state index is 0.650. The molecule has 0 bridgehead atoms. The fourth-order valence-corrected chi connectivity index (χ4v) is 0.690. The van der Waals surface area contributed by atoms with Gasteiger partial charge in [0.05, 0.1) is 6.10 Å².